The van der Waals surface area contributed by atoms with E-state index in [1.807, 2.05) is 0 Å². The summed E-state index contributed by atoms with van der Waals surface area (Å²) < 4.78 is 36.6. The summed E-state index contributed by atoms with van der Waals surface area (Å²) >= 11 is 0. The molecular weight excluding hydrogens is 414 g/mol. The summed E-state index contributed by atoms with van der Waals surface area (Å²) in [4.78, 5) is 39.8. The largest absolute Gasteiger partial charge is 0.463 e. The molecular formula is C13H17N7O8S. The summed E-state index contributed by atoms with van der Waals surface area (Å²) in [6, 6.07) is -3.42. The number of nitrogens with two attached hydrogens (primary N) is 1. The summed E-state index contributed by atoms with van der Waals surface area (Å²) in [5.74, 6) is -0.318. The van der Waals surface area contributed by atoms with E-state index in [-0.39, 0.29) is 30.1 Å². The minimum absolute atomic E-state index is 0.0759. The minimum atomic E-state index is -5.01. The van der Waals surface area contributed by atoms with Gasteiger partial charge in [0, 0.05) is 24.7 Å². The molecule has 15 nitrogen and oxygen atoms in total. The molecule has 0 radical (unpaired) electrons. The first kappa shape index (κ1) is 20.5. The molecule has 1 fully saturated rings. The third kappa shape index (κ3) is 3.98. The number of carbonyl (C=O) groups excluding carboxylic acids is 2. The summed E-state index contributed by atoms with van der Waals surface area (Å²) in [5.41, 5.74) is 6.09. The maximum Gasteiger partial charge on any atom is 0.432 e. The van der Waals surface area contributed by atoms with Crippen molar-refractivity contribution in [2.75, 3.05) is 13.1 Å². The number of urea groups is 1. The zero-order chi connectivity index (χ0) is 21.5. The summed E-state index contributed by atoms with van der Waals surface area (Å²) in [7, 11) is -5.01. The van der Waals surface area contributed by atoms with Gasteiger partial charge in [-0.15, -0.1) is 4.28 Å². The van der Waals surface area contributed by atoms with Gasteiger partial charge in [0.25, 0.3) is 0 Å². The van der Waals surface area contributed by atoms with E-state index in [9.17, 15) is 22.8 Å². The standard InChI is InChI=1S/C13H17N7O8S/c1-2-15-11(21)19-4-6-8-5-18(13(24)20(8)28-29(25,26)27)7(10(6)17-19)3-9(14)16-12(22)23/h4,7-8H,2-3,5H2,1H3,(H2,14,16)(H,15,21)(H,22,23)(H,25,26,27)/t7?,8-/m1/s1. The quantitative estimate of drug-likeness (QED) is 0.265. The second-order valence-corrected chi connectivity index (χ2v) is 7.14. The number of nitrogens with zero attached hydrogens (tertiary/aromatic N) is 5. The van der Waals surface area contributed by atoms with E-state index in [4.69, 9.17) is 15.4 Å². The Morgan fingerprint density at radius 3 is 2.76 bits per heavy atom. The van der Waals surface area contributed by atoms with Crippen LogP contribution in [0.3, 0.4) is 0 Å². The van der Waals surface area contributed by atoms with E-state index >= 15 is 0 Å². The maximum absolute atomic E-state index is 12.6. The van der Waals surface area contributed by atoms with Crippen LogP contribution in [0.4, 0.5) is 14.4 Å². The molecule has 3 heterocycles. The Morgan fingerprint density at radius 1 is 1.48 bits per heavy atom. The Morgan fingerprint density at radius 2 is 2.17 bits per heavy atom. The number of fused-ring (bicyclic) bond motifs is 4. The van der Waals surface area contributed by atoms with Gasteiger partial charge in [0.15, 0.2) is 0 Å². The van der Waals surface area contributed by atoms with Crippen LogP contribution < -0.4 is 11.1 Å². The molecule has 0 saturated carbocycles. The van der Waals surface area contributed by atoms with Gasteiger partial charge in [-0.05, 0) is 6.92 Å². The average Bonchev–Trinajstić information content (AvgIpc) is 3.13. The summed E-state index contributed by atoms with van der Waals surface area (Å²) in [5, 5.41) is 15.9. The minimum Gasteiger partial charge on any atom is -0.463 e. The SMILES string of the molecule is CCNC(=O)n1cc2c(n1)C(CC(N)=NC(=O)O)N1C[C@H]2N(OS(=O)(=O)O)C1=O. The van der Waals surface area contributed by atoms with E-state index in [0.29, 0.717) is 11.6 Å². The first-order chi connectivity index (χ1) is 13.5. The van der Waals surface area contributed by atoms with Crippen molar-refractivity contribution in [3.8, 4) is 0 Å². The molecule has 0 spiro atoms. The number of rotatable bonds is 5. The number of amides is 4. The van der Waals surface area contributed by atoms with E-state index in [0.717, 1.165) is 9.58 Å². The van der Waals surface area contributed by atoms with Gasteiger partial charge in [-0.1, -0.05) is 0 Å². The molecule has 2 aliphatic heterocycles. The first-order valence-corrected chi connectivity index (χ1v) is 9.58. The lowest BCUT2D eigenvalue weighted by atomic mass is 9.96. The number of carboxylic acid groups (broad SMARTS) is 1. The number of hydrogen-bond acceptors (Lipinski definition) is 7. The Labute approximate surface area is 163 Å². The van der Waals surface area contributed by atoms with Crippen molar-refractivity contribution in [1.82, 2.24) is 25.1 Å². The highest BCUT2D eigenvalue weighted by molar-refractivity contribution is 7.80. The number of aromatic nitrogens is 2. The summed E-state index contributed by atoms with van der Waals surface area (Å²) in [6.07, 6.45) is -0.490. The monoisotopic (exact) mass is 431 g/mol. The molecule has 1 unspecified atom stereocenters. The number of nitrogens with one attached hydrogen (secondary N) is 1. The third-order valence-corrected chi connectivity index (χ3v) is 4.61. The van der Waals surface area contributed by atoms with Gasteiger partial charge in [-0.3, -0.25) is 4.55 Å². The van der Waals surface area contributed by atoms with Crippen LogP contribution in [0.15, 0.2) is 11.2 Å². The molecule has 0 aromatic carbocycles. The van der Waals surface area contributed by atoms with Crippen molar-refractivity contribution in [1.29, 1.82) is 0 Å². The van der Waals surface area contributed by atoms with Crippen LogP contribution in [-0.4, -0.2) is 74.9 Å². The van der Waals surface area contributed by atoms with Crippen molar-refractivity contribution in [2.24, 2.45) is 10.7 Å². The molecule has 29 heavy (non-hydrogen) atoms. The van der Waals surface area contributed by atoms with Crippen molar-refractivity contribution >= 4 is 34.4 Å². The molecule has 3 rings (SSSR count). The van der Waals surface area contributed by atoms with Gasteiger partial charge in [-0.25, -0.2) is 14.4 Å². The number of aliphatic imine (C=N–C) groups is 1. The van der Waals surface area contributed by atoms with Crippen LogP contribution in [0.5, 0.6) is 0 Å². The molecule has 1 aromatic heterocycles. The fraction of sp³-hybridized carbons (Fsp3) is 0.462. The Hall–Kier alpha value is -3.24. The molecule has 4 amide bonds. The zero-order valence-electron chi connectivity index (χ0n) is 14.9. The fourth-order valence-corrected chi connectivity index (χ4v) is 3.61. The normalized spacial score (nSPS) is 21.3. The average molecular weight is 431 g/mol. The highest BCUT2D eigenvalue weighted by Crippen LogP contribution is 2.44. The molecule has 16 heteroatoms. The topological polar surface area (TPSA) is 210 Å². The molecule has 1 aromatic rings. The highest BCUT2D eigenvalue weighted by Gasteiger charge is 2.52. The zero-order valence-corrected chi connectivity index (χ0v) is 15.7. The Bertz CT molecular complexity index is 1000. The second kappa shape index (κ2) is 7.30. The molecule has 2 bridgehead atoms. The Balaban J connectivity index is 2.05. The van der Waals surface area contributed by atoms with Crippen LogP contribution in [0.1, 0.15) is 36.7 Å². The molecule has 1 saturated heterocycles. The lowest BCUT2D eigenvalue weighted by Crippen LogP contribution is -2.37. The number of hydrogen-bond donors (Lipinski definition) is 4. The predicted octanol–water partition coefficient (Wildman–Crippen LogP) is -0.546. The van der Waals surface area contributed by atoms with Crippen molar-refractivity contribution < 1.29 is 36.7 Å². The van der Waals surface area contributed by atoms with Crippen molar-refractivity contribution in [3.05, 3.63) is 17.5 Å². The molecule has 2 atom stereocenters. The van der Waals surface area contributed by atoms with Crippen molar-refractivity contribution in [3.63, 3.8) is 0 Å². The fourth-order valence-electron chi connectivity index (χ4n) is 3.24. The number of carbonyl (C=O) groups is 3. The molecule has 158 valence electrons. The van der Waals surface area contributed by atoms with Gasteiger partial charge in [0.2, 0.25) is 0 Å². The van der Waals surface area contributed by atoms with E-state index in [1.165, 1.54) is 6.20 Å². The molecule has 0 aliphatic carbocycles. The van der Waals surface area contributed by atoms with Crippen LogP contribution in [0.2, 0.25) is 0 Å². The van der Waals surface area contributed by atoms with Crippen molar-refractivity contribution in [2.45, 2.75) is 25.4 Å². The van der Waals surface area contributed by atoms with Gasteiger partial charge in [-0.2, -0.15) is 28.3 Å². The van der Waals surface area contributed by atoms with E-state index in [1.54, 1.807) is 6.92 Å². The highest BCUT2D eigenvalue weighted by atomic mass is 32.3. The number of hydroxylamine groups is 2. The second-order valence-electron chi connectivity index (χ2n) is 6.13. The smallest absolute Gasteiger partial charge is 0.432 e. The number of amidine groups is 1. The van der Waals surface area contributed by atoms with Gasteiger partial charge in [0.05, 0.1) is 18.3 Å². The third-order valence-electron chi connectivity index (χ3n) is 4.26. The van der Waals surface area contributed by atoms with Gasteiger partial charge < -0.3 is 21.1 Å². The Kier molecular flexibility index (Phi) is 5.16. The van der Waals surface area contributed by atoms with Crippen LogP contribution in [-0.2, 0) is 14.7 Å². The van der Waals surface area contributed by atoms with E-state index in [2.05, 4.69) is 19.7 Å². The molecule has 5 N–H and O–H groups in total. The van der Waals surface area contributed by atoms with Crippen LogP contribution >= 0.6 is 0 Å². The summed E-state index contributed by atoms with van der Waals surface area (Å²) in [6.45, 7) is 1.94. The van der Waals surface area contributed by atoms with E-state index < -0.39 is 40.6 Å². The van der Waals surface area contributed by atoms with Gasteiger partial charge >= 0.3 is 28.6 Å². The predicted molar refractivity (Wildman–Crippen MR) is 93.0 cm³/mol. The lowest BCUT2D eigenvalue weighted by molar-refractivity contribution is -0.0317. The van der Waals surface area contributed by atoms with Gasteiger partial charge in [0.1, 0.15) is 11.9 Å². The molecule has 2 aliphatic rings. The van der Waals surface area contributed by atoms with Crippen LogP contribution in [0.25, 0.3) is 0 Å². The first-order valence-electron chi connectivity index (χ1n) is 8.22. The van der Waals surface area contributed by atoms with Crippen LogP contribution in [0, 0.1) is 0 Å². The maximum atomic E-state index is 12.6. The lowest BCUT2D eigenvalue weighted by Gasteiger charge is -2.29.